The predicted octanol–water partition coefficient (Wildman–Crippen LogP) is 3.95. The Bertz CT molecular complexity index is 774. The van der Waals surface area contributed by atoms with E-state index in [-0.39, 0.29) is 5.92 Å². The molecule has 1 saturated heterocycles. The van der Waals surface area contributed by atoms with Crippen molar-refractivity contribution in [3.63, 3.8) is 0 Å². The van der Waals surface area contributed by atoms with Gasteiger partial charge in [0, 0.05) is 42.8 Å². The fourth-order valence-corrected chi connectivity index (χ4v) is 4.03. The van der Waals surface area contributed by atoms with Crippen molar-refractivity contribution in [1.29, 1.82) is 0 Å². The van der Waals surface area contributed by atoms with Crippen LogP contribution in [0.4, 0.5) is 5.82 Å². The Hall–Kier alpha value is -1.59. The summed E-state index contributed by atoms with van der Waals surface area (Å²) in [6.45, 7) is 3.01. The van der Waals surface area contributed by atoms with Crippen molar-refractivity contribution in [2.24, 2.45) is 5.92 Å². The molecule has 0 radical (unpaired) electrons. The number of benzene rings is 1. The molecule has 1 aliphatic carbocycles. The number of carbonyl (C=O) groups excluding carboxylic acids is 1. The van der Waals surface area contributed by atoms with Gasteiger partial charge in [-0.15, -0.1) is 0 Å². The van der Waals surface area contributed by atoms with Gasteiger partial charge in [0.15, 0.2) is 0 Å². The molecule has 25 heavy (non-hydrogen) atoms. The third kappa shape index (κ3) is 3.53. The Morgan fingerprint density at radius 1 is 1.12 bits per heavy atom. The van der Waals surface area contributed by atoms with Gasteiger partial charge in [-0.1, -0.05) is 39.7 Å². The summed E-state index contributed by atoms with van der Waals surface area (Å²) in [6, 6.07) is 12.0. The van der Waals surface area contributed by atoms with Gasteiger partial charge in [0.05, 0.1) is 5.02 Å². The van der Waals surface area contributed by atoms with E-state index >= 15 is 0 Å². The van der Waals surface area contributed by atoms with Crippen LogP contribution in [-0.2, 0) is 4.79 Å². The number of hydrogen-bond acceptors (Lipinski definition) is 3. The number of amides is 1. The molecule has 1 saturated carbocycles. The molecule has 0 spiro atoms. The van der Waals surface area contributed by atoms with Crippen LogP contribution in [0.3, 0.4) is 0 Å². The van der Waals surface area contributed by atoms with Crippen molar-refractivity contribution in [1.82, 2.24) is 9.88 Å². The molecule has 2 unspecified atom stereocenters. The summed E-state index contributed by atoms with van der Waals surface area (Å²) >= 11 is 9.68. The van der Waals surface area contributed by atoms with Gasteiger partial charge < -0.3 is 9.80 Å². The lowest BCUT2D eigenvalue weighted by atomic mass is 10.1. The molecule has 2 aliphatic rings. The average molecular weight is 421 g/mol. The molecule has 0 bridgehead atoms. The maximum atomic E-state index is 12.8. The third-order valence-corrected chi connectivity index (χ3v) is 5.86. The predicted molar refractivity (Wildman–Crippen MR) is 103 cm³/mol. The van der Waals surface area contributed by atoms with Gasteiger partial charge in [-0.3, -0.25) is 4.79 Å². The van der Waals surface area contributed by atoms with Gasteiger partial charge in [0.1, 0.15) is 5.82 Å². The van der Waals surface area contributed by atoms with Crippen molar-refractivity contribution in [3.05, 3.63) is 57.7 Å². The van der Waals surface area contributed by atoms with E-state index in [9.17, 15) is 4.79 Å². The van der Waals surface area contributed by atoms with Gasteiger partial charge >= 0.3 is 0 Å². The van der Waals surface area contributed by atoms with Crippen LogP contribution in [0.2, 0.25) is 5.02 Å². The van der Waals surface area contributed by atoms with E-state index in [1.54, 1.807) is 6.20 Å². The topological polar surface area (TPSA) is 36.4 Å². The van der Waals surface area contributed by atoms with Gasteiger partial charge in [-0.25, -0.2) is 4.98 Å². The van der Waals surface area contributed by atoms with E-state index in [4.69, 9.17) is 11.6 Å². The van der Waals surface area contributed by atoms with Gasteiger partial charge in [-0.2, -0.15) is 0 Å². The molecule has 2 atom stereocenters. The Kier molecular flexibility index (Phi) is 4.69. The van der Waals surface area contributed by atoms with E-state index in [0.717, 1.165) is 42.9 Å². The van der Waals surface area contributed by atoms with Crippen molar-refractivity contribution in [2.75, 3.05) is 31.1 Å². The van der Waals surface area contributed by atoms with E-state index in [1.165, 1.54) is 5.56 Å². The second kappa shape index (κ2) is 6.96. The molecular formula is C19H19BrClN3O. The molecule has 1 aliphatic heterocycles. The number of aromatic nitrogens is 1. The van der Waals surface area contributed by atoms with Crippen LogP contribution in [0.5, 0.6) is 0 Å². The van der Waals surface area contributed by atoms with Crippen molar-refractivity contribution >= 4 is 39.3 Å². The first-order chi connectivity index (χ1) is 12.1. The Morgan fingerprint density at radius 3 is 2.52 bits per heavy atom. The highest BCUT2D eigenvalue weighted by atomic mass is 79.9. The number of hydrogen-bond donors (Lipinski definition) is 0. The number of halogens is 2. The smallest absolute Gasteiger partial charge is 0.226 e. The average Bonchev–Trinajstić information content (AvgIpc) is 3.43. The summed E-state index contributed by atoms with van der Waals surface area (Å²) in [5.74, 6) is 1.63. The molecule has 4 nitrogen and oxygen atoms in total. The number of rotatable bonds is 3. The number of nitrogens with zero attached hydrogens (tertiary/aromatic N) is 3. The minimum absolute atomic E-state index is 0.145. The summed E-state index contributed by atoms with van der Waals surface area (Å²) in [7, 11) is 0. The fraction of sp³-hybridized carbons (Fsp3) is 0.368. The largest absolute Gasteiger partial charge is 0.352 e. The molecule has 1 aromatic carbocycles. The highest BCUT2D eigenvalue weighted by molar-refractivity contribution is 9.10. The van der Waals surface area contributed by atoms with Crippen LogP contribution < -0.4 is 4.90 Å². The van der Waals surface area contributed by atoms with E-state index in [2.05, 4.69) is 37.9 Å². The molecule has 1 amide bonds. The highest BCUT2D eigenvalue weighted by Gasteiger charge is 2.46. The van der Waals surface area contributed by atoms with Crippen LogP contribution in [0.25, 0.3) is 0 Å². The first-order valence-corrected chi connectivity index (χ1v) is 9.70. The zero-order valence-corrected chi connectivity index (χ0v) is 16.1. The molecule has 130 valence electrons. The lowest BCUT2D eigenvalue weighted by Gasteiger charge is -2.36. The maximum Gasteiger partial charge on any atom is 0.226 e. The molecule has 2 aromatic rings. The van der Waals surface area contributed by atoms with E-state index < -0.39 is 0 Å². The number of piperazine rings is 1. The van der Waals surface area contributed by atoms with Crippen LogP contribution in [0.1, 0.15) is 17.9 Å². The van der Waals surface area contributed by atoms with Gasteiger partial charge in [0.25, 0.3) is 0 Å². The molecule has 4 rings (SSSR count). The lowest BCUT2D eigenvalue weighted by Crippen LogP contribution is -2.49. The van der Waals surface area contributed by atoms with Crippen molar-refractivity contribution in [2.45, 2.75) is 12.3 Å². The maximum absolute atomic E-state index is 12.8. The molecule has 2 fully saturated rings. The Balaban J connectivity index is 1.35. The van der Waals surface area contributed by atoms with Gasteiger partial charge in [-0.05, 0) is 42.2 Å². The second-order valence-electron chi connectivity index (χ2n) is 6.62. The quantitative estimate of drug-likeness (QED) is 0.754. The standard InChI is InChI=1S/C19H19BrClN3O/c20-14-5-3-13(4-6-14)15-12-16(15)19(25)24-10-8-23(9-11-24)18-17(21)2-1-7-22-18/h1-7,15-16H,8-12H2. The number of carbonyl (C=O) groups is 1. The summed E-state index contributed by atoms with van der Waals surface area (Å²) in [5.41, 5.74) is 1.26. The van der Waals surface area contributed by atoms with E-state index in [0.29, 0.717) is 16.8 Å². The van der Waals surface area contributed by atoms with Crippen LogP contribution in [0, 0.1) is 5.92 Å². The minimum atomic E-state index is 0.145. The molecule has 1 aromatic heterocycles. The second-order valence-corrected chi connectivity index (χ2v) is 7.94. The Morgan fingerprint density at radius 2 is 1.84 bits per heavy atom. The fourth-order valence-electron chi connectivity index (χ4n) is 3.53. The van der Waals surface area contributed by atoms with E-state index in [1.807, 2.05) is 29.2 Å². The summed E-state index contributed by atoms with van der Waals surface area (Å²) < 4.78 is 1.07. The SMILES string of the molecule is O=C(C1CC1c1ccc(Br)cc1)N1CCN(c2ncccc2Cl)CC1. The monoisotopic (exact) mass is 419 g/mol. The number of pyridine rings is 1. The minimum Gasteiger partial charge on any atom is -0.352 e. The molecule has 2 heterocycles. The van der Waals surface area contributed by atoms with Crippen molar-refractivity contribution < 1.29 is 4.79 Å². The molecule has 6 heteroatoms. The first kappa shape index (κ1) is 16.9. The Labute approximate surface area is 160 Å². The third-order valence-electron chi connectivity index (χ3n) is 5.04. The zero-order valence-electron chi connectivity index (χ0n) is 13.7. The lowest BCUT2D eigenvalue weighted by molar-refractivity contribution is -0.133. The first-order valence-electron chi connectivity index (χ1n) is 8.53. The van der Waals surface area contributed by atoms with Crippen molar-refractivity contribution in [3.8, 4) is 0 Å². The van der Waals surface area contributed by atoms with Crippen LogP contribution >= 0.6 is 27.5 Å². The summed E-state index contributed by atoms with van der Waals surface area (Å²) in [4.78, 5) is 21.3. The molecular weight excluding hydrogens is 402 g/mol. The summed E-state index contributed by atoms with van der Waals surface area (Å²) in [6.07, 6.45) is 2.72. The molecule has 0 N–H and O–H groups in total. The van der Waals surface area contributed by atoms with Gasteiger partial charge in [0.2, 0.25) is 5.91 Å². The highest BCUT2D eigenvalue weighted by Crippen LogP contribution is 2.48. The normalized spacial score (nSPS) is 22.8. The zero-order chi connectivity index (χ0) is 17.4. The number of anilines is 1. The van der Waals surface area contributed by atoms with Crippen LogP contribution in [-0.4, -0.2) is 42.0 Å². The summed E-state index contributed by atoms with van der Waals surface area (Å²) in [5, 5.41) is 0.666. The van der Waals surface area contributed by atoms with Crippen LogP contribution in [0.15, 0.2) is 47.1 Å².